The van der Waals surface area contributed by atoms with Gasteiger partial charge in [0.15, 0.2) is 0 Å². The van der Waals surface area contributed by atoms with Crippen molar-refractivity contribution in [3.05, 3.63) is 95.6 Å². The van der Waals surface area contributed by atoms with Gasteiger partial charge in [0.2, 0.25) is 0 Å². The first-order valence-corrected chi connectivity index (χ1v) is 10.8. The molecular weight excluding hydrogens is 436 g/mol. The highest BCUT2D eigenvalue weighted by molar-refractivity contribution is 5.93. The zero-order valence-corrected chi connectivity index (χ0v) is 18.3. The fraction of sp³-hybridized carbons (Fsp3) is 0.192. The number of aliphatic carboxylic acids is 2. The Morgan fingerprint density at radius 2 is 1.38 bits per heavy atom. The first-order valence-electron chi connectivity index (χ1n) is 10.8. The van der Waals surface area contributed by atoms with Gasteiger partial charge in [0.25, 0.3) is 0 Å². The van der Waals surface area contributed by atoms with Gasteiger partial charge >= 0.3 is 11.9 Å². The SMILES string of the molecule is O=C([O-])c1ccccc1Nc1ccc(C[C@H](NC(CCc2ccccc2)C(=O)O)C(=O)O)cc1. The smallest absolute Gasteiger partial charge is 0.321 e. The lowest BCUT2D eigenvalue weighted by molar-refractivity contribution is -0.254. The number of aryl methyl sites for hydroxylation is 1. The van der Waals surface area contributed by atoms with E-state index < -0.39 is 30.0 Å². The van der Waals surface area contributed by atoms with Crippen LogP contribution in [0.15, 0.2) is 78.9 Å². The normalized spacial score (nSPS) is 12.5. The molecule has 1 unspecified atom stereocenters. The van der Waals surface area contributed by atoms with E-state index in [4.69, 9.17) is 0 Å². The van der Waals surface area contributed by atoms with Crippen LogP contribution in [0.25, 0.3) is 0 Å². The van der Waals surface area contributed by atoms with Gasteiger partial charge in [-0.2, -0.15) is 0 Å². The lowest BCUT2D eigenvalue weighted by atomic mass is 10.0. The van der Waals surface area contributed by atoms with Crippen LogP contribution in [0.3, 0.4) is 0 Å². The average molecular weight is 461 g/mol. The van der Waals surface area contributed by atoms with Crippen LogP contribution in [0.1, 0.15) is 27.9 Å². The number of para-hydroxylation sites is 1. The van der Waals surface area contributed by atoms with Crippen molar-refractivity contribution in [2.24, 2.45) is 0 Å². The van der Waals surface area contributed by atoms with E-state index in [1.165, 1.54) is 6.07 Å². The minimum atomic E-state index is -1.30. The highest BCUT2D eigenvalue weighted by atomic mass is 16.4. The molecule has 0 heterocycles. The van der Waals surface area contributed by atoms with Gasteiger partial charge in [0.1, 0.15) is 12.1 Å². The number of carbonyl (C=O) groups is 3. The molecule has 0 saturated heterocycles. The molecule has 0 bridgehead atoms. The molecule has 4 N–H and O–H groups in total. The number of rotatable bonds is 12. The molecule has 0 amide bonds. The van der Waals surface area contributed by atoms with Crippen molar-refractivity contribution in [3.63, 3.8) is 0 Å². The third kappa shape index (κ3) is 6.91. The summed E-state index contributed by atoms with van der Waals surface area (Å²) in [5, 5.41) is 36.3. The maximum Gasteiger partial charge on any atom is 0.321 e. The monoisotopic (exact) mass is 461 g/mol. The third-order valence-corrected chi connectivity index (χ3v) is 5.38. The molecule has 34 heavy (non-hydrogen) atoms. The van der Waals surface area contributed by atoms with E-state index in [1.54, 1.807) is 42.5 Å². The summed E-state index contributed by atoms with van der Waals surface area (Å²) in [4.78, 5) is 34.8. The van der Waals surface area contributed by atoms with Crippen LogP contribution in [0.4, 0.5) is 11.4 Å². The maximum absolute atomic E-state index is 11.8. The molecule has 3 aromatic carbocycles. The number of nitrogens with one attached hydrogen (secondary N) is 2. The molecule has 176 valence electrons. The predicted octanol–water partition coefficient (Wildman–Crippen LogP) is 2.46. The van der Waals surface area contributed by atoms with Gasteiger partial charge in [-0.05, 0) is 48.6 Å². The molecule has 0 saturated carbocycles. The van der Waals surface area contributed by atoms with E-state index in [-0.39, 0.29) is 18.4 Å². The number of hydrogen-bond donors (Lipinski definition) is 4. The molecule has 0 aliphatic carbocycles. The molecule has 0 aliphatic rings. The minimum absolute atomic E-state index is 0.0249. The fourth-order valence-electron chi connectivity index (χ4n) is 3.58. The van der Waals surface area contributed by atoms with E-state index in [9.17, 15) is 29.7 Å². The summed E-state index contributed by atoms with van der Waals surface area (Å²) in [5.74, 6) is -3.54. The molecule has 2 atom stereocenters. The van der Waals surface area contributed by atoms with Gasteiger partial charge in [-0.25, -0.2) is 0 Å². The molecule has 0 fully saturated rings. The van der Waals surface area contributed by atoms with Crippen molar-refractivity contribution in [3.8, 4) is 0 Å². The Morgan fingerprint density at radius 3 is 2.00 bits per heavy atom. The van der Waals surface area contributed by atoms with Crippen LogP contribution >= 0.6 is 0 Å². The molecule has 0 aliphatic heterocycles. The molecule has 0 radical (unpaired) electrons. The summed E-state index contributed by atoms with van der Waals surface area (Å²) >= 11 is 0. The van der Waals surface area contributed by atoms with E-state index in [2.05, 4.69) is 10.6 Å². The molecule has 8 nitrogen and oxygen atoms in total. The second kappa shape index (κ2) is 11.6. The van der Waals surface area contributed by atoms with Gasteiger partial charge in [-0.1, -0.05) is 60.7 Å². The van der Waals surface area contributed by atoms with E-state index in [0.29, 0.717) is 23.4 Å². The number of benzene rings is 3. The van der Waals surface area contributed by atoms with Gasteiger partial charge in [0, 0.05) is 16.9 Å². The fourth-order valence-corrected chi connectivity index (χ4v) is 3.58. The van der Waals surface area contributed by atoms with Crippen molar-refractivity contribution in [2.45, 2.75) is 31.3 Å². The predicted molar refractivity (Wildman–Crippen MR) is 125 cm³/mol. The molecular formula is C26H25N2O6-. The number of aromatic carboxylic acids is 1. The lowest BCUT2D eigenvalue weighted by Gasteiger charge is -2.21. The van der Waals surface area contributed by atoms with E-state index in [1.807, 2.05) is 30.3 Å². The van der Waals surface area contributed by atoms with Crippen LogP contribution in [0, 0.1) is 0 Å². The Balaban J connectivity index is 1.65. The largest absolute Gasteiger partial charge is 0.545 e. The van der Waals surface area contributed by atoms with Crippen LogP contribution < -0.4 is 15.7 Å². The van der Waals surface area contributed by atoms with Crippen molar-refractivity contribution in [2.75, 3.05) is 5.32 Å². The van der Waals surface area contributed by atoms with Crippen molar-refractivity contribution < 1.29 is 29.7 Å². The van der Waals surface area contributed by atoms with Crippen LogP contribution in [-0.4, -0.2) is 40.2 Å². The molecule has 3 aromatic rings. The standard InChI is InChI=1S/C26H26N2O6/c29-24(30)20-8-4-5-9-21(20)27-19-13-10-18(11-14-19)16-23(26(33)34)28-22(25(31)32)15-12-17-6-2-1-3-7-17/h1-11,13-14,22-23,27-28H,12,15-16H2,(H,29,30)(H,31,32)(H,33,34)/p-1/t22?,23-/m0/s1. The maximum atomic E-state index is 11.8. The molecule has 3 rings (SSSR count). The van der Waals surface area contributed by atoms with Crippen molar-refractivity contribution >= 4 is 29.3 Å². The second-order valence-corrected chi connectivity index (χ2v) is 7.83. The Labute approximate surface area is 196 Å². The Morgan fingerprint density at radius 1 is 0.765 bits per heavy atom. The number of carboxylic acid groups (broad SMARTS) is 3. The summed E-state index contributed by atoms with van der Waals surface area (Å²) in [5.41, 5.74) is 2.68. The summed E-state index contributed by atoms with van der Waals surface area (Å²) in [6, 6.07) is 20.5. The first-order chi connectivity index (χ1) is 16.3. The minimum Gasteiger partial charge on any atom is -0.545 e. The molecule has 0 spiro atoms. The lowest BCUT2D eigenvalue weighted by Crippen LogP contribution is -2.48. The van der Waals surface area contributed by atoms with Gasteiger partial charge in [0.05, 0.1) is 5.97 Å². The van der Waals surface area contributed by atoms with Crippen LogP contribution in [0.5, 0.6) is 0 Å². The highest BCUT2D eigenvalue weighted by Crippen LogP contribution is 2.21. The summed E-state index contributed by atoms with van der Waals surface area (Å²) in [6.07, 6.45) is 0.842. The second-order valence-electron chi connectivity index (χ2n) is 7.83. The Bertz CT molecular complexity index is 1130. The van der Waals surface area contributed by atoms with Crippen LogP contribution in [-0.2, 0) is 22.4 Å². The molecule has 8 heteroatoms. The zero-order chi connectivity index (χ0) is 24.5. The Hall–Kier alpha value is -4.17. The summed E-state index contributed by atoms with van der Waals surface area (Å²) in [6.45, 7) is 0. The van der Waals surface area contributed by atoms with Crippen molar-refractivity contribution in [1.82, 2.24) is 5.32 Å². The zero-order valence-electron chi connectivity index (χ0n) is 18.3. The number of anilines is 2. The highest BCUT2D eigenvalue weighted by Gasteiger charge is 2.26. The topological polar surface area (TPSA) is 139 Å². The van der Waals surface area contributed by atoms with E-state index in [0.717, 1.165) is 5.56 Å². The number of hydrogen-bond acceptors (Lipinski definition) is 6. The quantitative estimate of drug-likeness (QED) is 0.323. The van der Waals surface area contributed by atoms with Gasteiger partial charge < -0.3 is 25.4 Å². The van der Waals surface area contributed by atoms with E-state index >= 15 is 0 Å². The van der Waals surface area contributed by atoms with Crippen LogP contribution in [0.2, 0.25) is 0 Å². The number of carbonyl (C=O) groups excluding carboxylic acids is 1. The van der Waals surface area contributed by atoms with Gasteiger partial charge in [-0.3, -0.25) is 14.9 Å². The summed E-state index contributed by atoms with van der Waals surface area (Å²) in [7, 11) is 0. The average Bonchev–Trinajstić information content (AvgIpc) is 2.82. The third-order valence-electron chi connectivity index (χ3n) is 5.38. The number of carboxylic acids is 3. The van der Waals surface area contributed by atoms with Crippen molar-refractivity contribution in [1.29, 1.82) is 0 Å². The first kappa shape index (κ1) is 24.5. The Kier molecular flexibility index (Phi) is 8.37. The molecule has 0 aromatic heterocycles. The summed E-state index contributed by atoms with van der Waals surface area (Å²) < 4.78 is 0. The van der Waals surface area contributed by atoms with Gasteiger partial charge in [-0.15, -0.1) is 0 Å².